The molecule has 0 unspecified atom stereocenters. The zero-order valence-electron chi connectivity index (χ0n) is 10.3. The van der Waals surface area contributed by atoms with E-state index in [4.69, 9.17) is 24.8 Å². The van der Waals surface area contributed by atoms with Crippen molar-refractivity contribution in [2.75, 3.05) is 20.0 Å². The Morgan fingerprint density at radius 2 is 1.84 bits per heavy atom. The molecule has 2 aromatic rings. The number of ether oxygens (including phenoxy) is 2. The van der Waals surface area contributed by atoms with Crippen LogP contribution in [-0.4, -0.2) is 30.5 Å². The lowest BCUT2D eigenvalue weighted by Crippen LogP contribution is -1.97. The molecule has 2 rings (SSSR count). The van der Waals surface area contributed by atoms with Crippen molar-refractivity contribution < 1.29 is 23.9 Å². The number of carboxylic acids is 1. The molecular weight excluding hydrogens is 252 g/mol. The molecule has 0 atom stereocenters. The van der Waals surface area contributed by atoms with Crippen LogP contribution in [0.1, 0.15) is 10.5 Å². The highest BCUT2D eigenvalue weighted by Gasteiger charge is 2.16. The van der Waals surface area contributed by atoms with Gasteiger partial charge in [0.05, 0.1) is 14.2 Å². The minimum Gasteiger partial charge on any atom is -0.494 e. The first kappa shape index (κ1) is 12.7. The van der Waals surface area contributed by atoms with E-state index < -0.39 is 5.97 Å². The van der Waals surface area contributed by atoms with Gasteiger partial charge >= 0.3 is 5.97 Å². The maximum atomic E-state index is 10.8. The lowest BCUT2D eigenvalue weighted by atomic mass is 10.1. The number of hydrogen-bond acceptors (Lipinski definition) is 6. The smallest absolute Gasteiger partial charge is 0.358 e. The quantitative estimate of drug-likeness (QED) is 0.808. The molecule has 0 aliphatic carbocycles. The first-order valence-electron chi connectivity index (χ1n) is 5.28. The van der Waals surface area contributed by atoms with Gasteiger partial charge in [0.15, 0.2) is 11.5 Å². The first-order chi connectivity index (χ1) is 9.06. The highest BCUT2D eigenvalue weighted by molar-refractivity contribution is 5.86. The Labute approximate surface area is 108 Å². The Morgan fingerprint density at radius 1 is 1.26 bits per heavy atom. The molecule has 100 valence electrons. The van der Waals surface area contributed by atoms with Crippen molar-refractivity contribution in [1.29, 1.82) is 0 Å². The summed E-state index contributed by atoms with van der Waals surface area (Å²) in [6.07, 6.45) is 0. The second-order valence-corrected chi connectivity index (χ2v) is 3.68. The Bertz CT molecular complexity index is 595. The zero-order chi connectivity index (χ0) is 14.0. The van der Waals surface area contributed by atoms with Crippen LogP contribution in [0.2, 0.25) is 0 Å². The van der Waals surface area contributed by atoms with E-state index in [-0.39, 0.29) is 11.5 Å². The van der Waals surface area contributed by atoms with Crippen molar-refractivity contribution in [3.8, 4) is 22.8 Å². The van der Waals surface area contributed by atoms with Gasteiger partial charge in [-0.25, -0.2) is 4.79 Å². The fraction of sp³-hybridized carbons (Fsp3) is 0.167. The molecule has 0 amide bonds. The summed E-state index contributed by atoms with van der Waals surface area (Å²) in [6, 6.07) is 4.54. The molecule has 0 saturated heterocycles. The number of rotatable bonds is 4. The minimum absolute atomic E-state index is 0.176. The van der Waals surface area contributed by atoms with Crippen molar-refractivity contribution in [2.45, 2.75) is 0 Å². The maximum absolute atomic E-state index is 10.8. The lowest BCUT2D eigenvalue weighted by molar-refractivity contribution is 0.0686. The number of aromatic nitrogens is 1. The third kappa shape index (κ3) is 2.30. The molecule has 7 heteroatoms. The predicted molar refractivity (Wildman–Crippen MR) is 66.4 cm³/mol. The second kappa shape index (κ2) is 4.89. The van der Waals surface area contributed by atoms with Gasteiger partial charge in [-0.15, -0.1) is 0 Å². The number of hydrogen-bond donors (Lipinski definition) is 2. The summed E-state index contributed by atoms with van der Waals surface area (Å²) in [5.41, 5.74) is 6.55. The average molecular weight is 264 g/mol. The summed E-state index contributed by atoms with van der Waals surface area (Å²) in [5.74, 6) is -0.0661. The summed E-state index contributed by atoms with van der Waals surface area (Å²) in [6.45, 7) is 0. The fourth-order valence-corrected chi connectivity index (χ4v) is 1.59. The molecular formula is C12H12N2O5. The van der Waals surface area contributed by atoms with E-state index >= 15 is 0 Å². The van der Waals surface area contributed by atoms with Crippen LogP contribution in [0.15, 0.2) is 22.7 Å². The van der Waals surface area contributed by atoms with Crippen molar-refractivity contribution in [1.82, 2.24) is 5.16 Å². The van der Waals surface area contributed by atoms with Gasteiger partial charge in [-0.2, -0.15) is 0 Å². The Kier molecular flexibility index (Phi) is 3.28. The highest BCUT2D eigenvalue weighted by Crippen LogP contribution is 2.37. The van der Waals surface area contributed by atoms with E-state index in [1.165, 1.54) is 20.3 Å². The average Bonchev–Trinajstić information content (AvgIpc) is 2.89. The van der Waals surface area contributed by atoms with Crippen LogP contribution in [-0.2, 0) is 0 Å². The van der Waals surface area contributed by atoms with Crippen LogP contribution in [0, 0.1) is 0 Å². The van der Waals surface area contributed by atoms with Crippen molar-refractivity contribution >= 4 is 11.7 Å². The van der Waals surface area contributed by atoms with E-state index in [9.17, 15) is 4.79 Å². The summed E-state index contributed by atoms with van der Waals surface area (Å²) < 4.78 is 15.2. The molecule has 0 aliphatic rings. The normalized spacial score (nSPS) is 10.2. The zero-order valence-corrected chi connectivity index (χ0v) is 10.3. The van der Waals surface area contributed by atoms with E-state index in [0.29, 0.717) is 22.7 Å². The number of carbonyl (C=O) groups is 1. The van der Waals surface area contributed by atoms with Crippen LogP contribution in [0.3, 0.4) is 0 Å². The first-order valence-corrected chi connectivity index (χ1v) is 5.28. The lowest BCUT2D eigenvalue weighted by Gasteiger charge is -2.10. The van der Waals surface area contributed by atoms with Crippen LogP contribution in [0.4, 0.5) is 5.69 Å². The maximum Gasteiger partial charge on any atom is 0.358 e. The molecule has 0 bridgehead atoms. The Hall–Kier alpha value is -2.70. The number of nitrogen functional groups attached to an aromatic ring is 1. The van der Waals surface area contributed by atoms with Crippen molar-refractivity contribution in [2.24, 2.45) is 0 Å². The molecule has 0 aliphatic heterocycles. The molecule has 0 fully saturated rings. The number of nitrogens with two attached hydrogens (primary N) is 1. The number of methoxy groups -OCH3 is 2. The number of benzene rings is 1. The van der Waals surface area contributed by atoms with Crippen LogP contribution >= 0.6 is 0 Å². The van der Waals surface area contributed by atoms with Crippen LogP contribution < -0.4 is 15.2 Å². The van der Waals surface area contributed by atoms with E-state index in [1.807, 2.05) is 0 Å². The number of anilines is 1. The molecule has 19 heavy (non-hydrogen) atoms. The number of nitrogens with zero attached hydrogens (tertiary/aromatic N) is 1. The molecule has 1 aromatic heterocycles. The molecule has 0 saturated carbocycles. The standard InChI is InChI=1S/C12H12N2O5/c1-17-9-3-6(4-10(18-2)11(9)13)8-5-7(12(15)16)14-19-8/h3-5H,13H2,1-2H3,(H,15,16). The van der Waals surface area contributed by atoms with Gasteiger partial charge < -0.3 is 24.8 Å². The molecule has 0 radical (unpaired) electrons. The Morgan fingerprint density at radius 3 is 2.26 bits per heavy atom. The highest BCUT2D eigenvalue weighted by atomic mass is 16.5. The summed E-state index contributed by atoms with van der Waals surface area (Å²) >= 11 is 0. The fourth-order valence-electron chi connectivity index (χ4n) is 1.59. The van der Waals surface area contributed by atoms with Crippen LogP contribution in [0.5, 0.6) is 11.5 Å². The Balaban J connectivity index is 2.51. The third-order valence-corrected chi connectivity index (χ3v) is 2.56. The van der Waals surface area contributed by atoms with Gasteiger partial charge in [-0.3, -0.25) is 0 Å². The number of carboxylic acid groups (broad SMARTS) is 1. The van der Waals surface area contributed by atoms with E-state index in [1.54, 1.807) is 12.1 Å². The molecule has 1 aromatic carbocycles. The summed E-state index contributed by atoms with van der Waals surface area (Å²) in [7, 11) is 2.94. The van der Waals surface area contributed by atoms with Gasteiger partial charge in [-0.1, -0.05) is 5.16 Å². The van der Waals surface area contributed by atoms with E-state index in [0.717, 1.165) is 0 Å². The predicted octanol–water partition coefficient (Wildman–Crippen LogP) is 1.64. The van der Waals surface area contributed by atoms with Gasteiger partial charge in [-0.05, 0) is 12.1 Å². The van der Waals surface area contributed by atoms with Crippen molar-refractivity contribution in [3.63, 3.8) is 0 Å². The topological polar surface area (TPSA) is 108 Å². The molecule has 3 N–H and O–H groups in total. The van der Waals surface area contributed by atoms with Crippen LogP contribution in [0.25, 0.3) is 11.3 Å². The van der Waals surface area contributed by atoms with Gasteiger partial charge in [0.25, 0.3) is 0 Å². The van der Waals surface area contributed by atoms with E-state index in [2.05, 4.69) is 5.16 Å². The monoisotopic (exact) mass is 264 g/mol. The number of aromatic carboxylic acids is 1. The SMILES string of the molecule is COc1cc(-c2cc(C(=O)O)no2)cc(OC)c1N. The second-order valence-electron chi connectivity index (χ2n) is 3.68. The third-order valence-electron chi connectivity index (χ3n) is 2.56. The molecule has 7 nitrogen and oxygen atoms in total. The largest absolute Gasteiger partial charge is 0.494 e. The van der Waals surface area contributed by atoms with Crippen molar-refractivity contribution in [3.05, 3.63) is 23.9 Å². The summed E-state index contributed by atoms with van der Waals surface area (Å²) in [4.78, 5) is 10.8. The molecule has 1 heterocycles. The summed E-state index contributed by atoms with van der Waals surface area (Å²) in [5, 5.41) is 12.2. The van der Waals surface area contributed by atoms with Gasteiger partial charge in [0, 0.05) is 11.6 Å². The molecule has 0 spiro atoms. The van der Waals surface area contributed by atoms with Gasteiger partial charge in [0.2, 0.25) is 0 Å². The van der Waals surface area contributed by atoms with Gasteiger partial charge in [0.1, 0.15) is 17.2 Å². The minimum atomic E-state index is -1.16.